The second kappa shape index (κ2) is 6.39. The van der Waals surface area contributed by atoms with E-state index >= 15 is 0 Å². The van der Waals surface area contributed by atoms with Crippen LogP contribution in [0.3, 0.4) is 0 Å². The van der Waals surface area contributed by atoms with Gasteiger partial charge in [-0.2, -0.15) is 0 Å². The van der Waals surface area contributed by atoms with Gasteiger partial charge in [-0.1, -0.05) is 27.2 Å². The molecule has 0 aromatic carbocycles. The third-order valence-electron chi connectivity index (χ3n) is 3.23. The number of nitrogens with zero attached hydrogens (tertiary/aromatic N) is 2. The maximum atomic E-state index is 12.0. The number of carbonyl (C=O) groups excluding carboxylic acids is 1. The van der Waals surface area contributed by atoms with Crippen molar-refractivity contribution < 1.29 is 4.79 Å². The third kappa shape index (κ3) is 6.06. The average molecular weight is 240 g/mol. The zero-order valence-corrected chi connectivity index (χ0v) is 12.0. The van der Waals surface area contributed by atoms with Crippen LogP contribution >= 0.6 is 0 Å². The molecule has 1 heterocycles. The molecule has 1 aliphatic rings. The quantitative estimate of drug-likeness (QED) is 0.753. The van der Waals surface area contributed by atoms with E-state index in [1.807, 2.05) is 11.9 Å². The van der Waals surface area contributed by atoms with Crippen molar-refractivity contribution in [3.8, 4) is 0 Å². The molecule has 0 unspecified atom stereocenters. The summed E-state index contributed by atoms with van der Waals surface area (Å²) in [6, 6.07) is 0. The van der Waals surface area contributed by atoms with E-state index in [2.05, 4.69) is 25.7 Å². The van der Waals surface area contributed by atoms with Crippen LogP contribution in [0.4, 0.5) is 0 Å². The van der Waals surface area contributed by atoms with Gasteiger partial charge in [-0.15, -0.1) is 0 Å². The van der Waals surface area contributed by atoms with Crippen molar-refractivity contribution in [1.82, 2.24) is 9.80 Å². The highest BCUT2D eigenvalue weighted by molar-refractivity contribution is 5.76. The van der Waals surface area contributed by atoms with E-state index in [1.165, 1.54) is 32.4 Å². The van der Waals surface area contributed by atoms with E-state index in [4.69, 9.17) is 0 Å². The molecule has 0 bridgehead atoms. The fourth-order valence-corrected chi connectivity index (χ4v) is 2.43. The minimum Gasteiger partial charge on any atom is -0.345 e. The van der Waals surface area contributed by atoms with Crippen LogP contribution in [0.15, 0.2) is 0 Å². The smallest absolute Gasteiger partial charge is 0.223 e. The van der Waals surface area contributed by atoms with E-state index < -0.39 is 0 Å². The van der Waals surface area contributed by atoms with Crippen molar-refractivity contribution in [2.75, 3.05) is 33.2 Å². The van der Waals surface area contributed by atoms with Gasteiger partial charge >= 0.3 is 0 Å². The molecule has 0 saturated carbocycles. The normalized spacial score (nSPS) is 18.1. The van der Waals surface area contributed by atoms with Crippen molar-refractivity contribution in [2.24, 2.45) is 5.41 Å². The Bertz CT molecular complexity index is 239. The van der Waals surface area contributed by atoms with Crippen LogP contribution < -0.4 is 0 Å². The molecular formula is C14H28N2O. The number of amides is 1. The number of rotatable bonds is 4. The molecule has 0 aliphatic carbocycles. The lowest BCUT2D eigenvalue weighted by atomic mass is 9.96. The number of likely N-dealkylation sites (tertiary alicyclic amines) is 1. The van der Waals surface area contributed by atoms with Crippen molar-refractivity contribution in [3.63, 3.8) is 0 Å². The highest BCUT2D eigenvalue weighted by Gasteiger charge is 2.18. The van der Waals surface area contributed by atoms with Crippen LogP contribution in [-0.4, -0.2) is 48.9 Å². The van der Waals surface area contributed by atoms with Crippen LogP contribution in [0.1, 0.15) is 46.5 Å². The van der Waals surface area contributed by atoms with Gasteiger partial charge in [-0.25, -0.2) is 0 Å². The molecule has 0 aromatic rings. The van der Waals surface area contributed by atoms with Gasteiger partial charge in [0.05, 0.1) is 0 Å². The highest BCUT2D eigenvalue weighted by atomic mass is 16.2. The predicted molar refractivity (Wildman–Crippen MR) is 72.0 cm³/mol. The molecule has 3 heteroatoms. The largest absolute Gasteiger partial charge is 0.345 e. The standard InChI is InChI=1S/C14H28N2O/c1-14(2,3)12-15(4)13(17)8-11-16-9-6-5-7-10-16/h5-12H2,1-4H3. The lowest BCUT2D eigenvalue weighted by Crippen LogP contribution is -2.38. The molecule has 3 nitrogen and oxygen atoms in total. The lowest BCUT2D eigenvalue weighted by molar-refractivity contribution is -0.131. The number of carbonyl (C=O) groups is 1. The number of piperidine rings is 1. The van der Waals surface area contributed by atoms with Crippen LogP contribution in [0.5, 0.6) is 0 Å². The minimum absolute atomic E-state index is 0.190. The van der Waals surface area contributed by atoms with Crippen molar-refractivity contribution in [3.05, 3.63) is 0 Å². The van der Waals surface area contributed by atoms with Gasteiger partial charge < -0.3 is 9.80 Å². The predicted octanol–water partition coefficient (Wildman–Crippen LogP) is 2.37. The van der Waals surface area contributed by atoms with Crippen LogP contribution in [0.2, 0.25) is 0 Å². The SMILES string of the molecule is CN(CC(C)(C)C)C(=O)CCN1CCCCC1. The van der Waals surface area contributed by atoms with E-state index in [0.717, 1.165) is 13.1 Å². The Morgan fingerprint density at radius 3 is 2.29 bits per heavy atom. The Morgan fingerprint density at radius 2 is 1.76 bits per heavy atom. The summed E-state index contributed by atoms with van der Waals surface area (Å²) in [7, 11) is 1.92. The monoisotopic (exact) mass is 240 g/mol. The van der Waals surface area contributed by atoms with E-state index in [-0.39, 0.29) is 11.3 Å². The summed E-state index contributed by atoms with van der Waals surface area (Å²) >= 11 is 0. The Kier molecular flexibility index (Phi) is 5.44. The maximum absolute atomic E-state index is 12.0. The average Bonchev–Trinajstić information content (AvgIpc) is 2.25. The van der Waals surface area contributed by atoms with Gasteiger partial charge in [0, 0.05) is 26.6 Å². The first-order valence-electron chi connectivity index (χ1n) is 6.85. The molecule has 1 fully saturated rings. The summed E-state index contributed by atoms with van der Waals surface area (Å²) in [6.07, 6.45) is 4.62. The first-order chi connectivity index (χ1) is 7.88. The fraction of sp³-hybridized carbons (Fsp3) is 0.929. The Labute approximate surface area is 106 Å². The molecule has 0 radical (unpaired) electrons. The topological polar surface area (TPSA) is 23.6 Å². The Hall–Kier alpha value is -0.570. The van der Waals surface area contributed by atoms with E-state index in [1.54, 1.807) is 0 Å². The summed E-state index contributed by atoms with van der Waals surface area (Å²) < 4.78 is 0. The van der Waals surface area contributed by atoms with Gasteiger partial charge in [0.2, 0.25) is 5.91 Å². The van der Waals surface area contributed by atoms with E-state index in [0.29, 0.717) is 6.42 Å². The van der Waals surface area contributed by atoms with Gasteiger partial charge in [0.25, 0.3) is 0 Å². The molecule has 0 atom stereocenters. The molecule has 1 amide bonds. The first kappa shape index (κ1) is 14.5. The second-order valence-electron chi connectivity index (χ2n) is 6.46. The molecule has 1 saturated heterocycles. The zero-order chi connectivity index (χ0) is 12.9. The first-order valence-corrected chi connectivity index (χ1v) is 6.85. The highest BCUT2D eigenvalue weighted by Crippen LogP contribution is 2.15. The van der Waals surface area contributed by atoms with Crippen molar-refractivity contribution in [2.45, 2.75) is 46.5 Å². The van der Waals surface area contributed by atoms with Crippen LogP contribution in [0, 0.1) is 5.41 Å². The molecule has 0 N–H and O–H groups in total. The summed E-state index contributed by atoms with van der Waals surface area (Å²) in [5.74, 6) is 0.283. The van der Waals surface area contributed by atoms with Crippen molar-refractivity contribution >= 4 is 5.91 Å². The summed E-state index contributed by atoms with van der Waals surface area (Å²) in [4.78, 5) is 16.3. The summed E-state index contributed by atoms with van der Waals surface area (Å²) in [6.45, 7) is 10.6. The molecule has 17 heavy (non-hydrogen) atoms. The van der Waals surface area contributed by atoms with Gasteiger partial charge in [0.1, 0.15) is 0 Å². The Morgan fingerprint density at radius 1 is 1.18 bits per heavy atom. The fourth-order valence-electron chi connectivity index (χ4n) is 2.43. The molecule has 1 rings (SSSR count). The molecule has 100 valence electrons. The molecule has 0 aromatic heterocycles. The Balaban J connectivity index is 2.23. The van der Waals surface area contributed by atoms with Gasteiger partial charge in [-0.3, -0.25) is 4.79 Å². The molecule has 0 spiro atoms. The van der Waals surface area contributed by atoms with Crippen LogP contribution in [0.25, 0.3) is 0 Å². The minimum atomic E-state index is 0.190. The maximum Gasteiger partial charge on any atom is 0.223 e. The van der Waals surface area contributed by atoms with Gasteiger partial charge in [-0.05, 0) is 31.3 Å². The second-order valence-corrected chi connectivity index (χ2v) is 6.46. The molecular weight excluding hydrogens is 212 g/mol. The lowest BCUT2D eigenvalue weighted by Gasteiger charge is -2.29. The molecule has 1 aliphatic heterocycles. The summed E-state index contributed by atoms with van der Waals surface area (Å²) in [5.41, 5.74) is 0.190. The van der Waals surface area contributed by atoms with E-state index in [9.17, 15) is 4.79 Å². The zero-order valence-electron chi connectivity index (χ0n) is 12.0. The third-order valence-corrected chi connectivity index (χ3v) is 3.23. The number of hydrogen-bond donors (Lipinski definition) is 0. The van der Waals surface area contributed by atoms with Crippen molar-refractivity contribution in [1.29, 1.82) is 0 Å². The summed E-state index contributed by atoms with van der Waals surface area (Å²) in [5, 5.41) is 0. The van der Waals surface area contributed by atoms with Crippen LogP contribution in [-0.2, 0) is 4.79 Å². The van der Waals surface area contributed by atoms with Gasteiger partial charge in [0.15, 0.2) is 0 Å². The number of hydrogen-bond acceptors (Lipinski definition) is 2.